The first-order chi connectivity index (χ1) is 27.6. The minimum Gasteiger partial charge on any atom is -0.491 e. The molecule has 0 spiro atoms. The molecule has 6 aromatic rings. The van der Waals surface area contributed by atoms with Gasteiger partial charge in [-0.05, 0) is 99.2 Å². The summed E-state index contributed by atoms with van der Waals surface area (Å²) in [6.45, 7) is 1.96. The van der Waals surface area contributed by atoms with Crippen molar-refractivity contribution in [2.45, 2.75) is 30.3 Å². The number of rotatable bonds is 15. The van der Waals surface area contributed by atoms with E-state index >= 15 is 0 Å². The Kier molecular flexibility index (Phi) is 11.9. The average Bonchev–Trinajstić information content (AvgIpc) is 3.64. The summed E-state index contributed by atoms with van der Waals surface area (Å²) >= 11 is 1.36. The van der Waals surface area contributed by atoms with Crippen molar-refractivity contribution in [1.82, 2.24) is 24.6 Å². The van der Waals surface area contributed by atoms with Crippen LogP contribution in [-0.4, -0.2) is 85.1 Å². The van der Waals surface area contributed by atoms with Gasteiger partial charge in [-0.1, -0.05) is 47.7 Å². The Labute approximate surface area is 333 Å². The molecular weight excluding hydrogens is 767 g/mol. The lowest BCUT2D eigenvalue weighted by Crippen LogP contribution is -2.34. The normalized spacial score (nSPS) is 13.2. The fraction of sp³-hybridized carbons (Fsp3) is 0.225. The van der Waals surface area contributed by atoms with Crippen molar-refractivity contribution in [2.75, 3.05) is 54.8 Å². The van der Waals surface area contributed by atoms with Crippen molar-refractivity contribution >= 4 is 65.7 Å². The van der Waals surface area contributed by atoms with Crippen LogP contribution < -0.4 is 30.5 Å². The predicted molar refractivity (Wildman–Crippen MR) is 220 cm³/mol. The topological polar surface area (TPSA) is 191 Å². The van der Waals surface area contributed by atoms with Gasteiger partial charge in [0.2, 0.25) is 0 Å². The van der Waals surface area contributed by atoms with Gasteiger partial charge in [0, 0.05) is 24.8 Å². The Morgan fingerprint density at radius 1 is 0.965 bits per heavy atom. The van der Waals surface area contributed by atoms with Gasteiger partial charge in [0.05, 0.1) is 33.2 Å². The number of amides is 2. The van der Waals surface area contributed by atoms with E-state index in [4.69, 9.17) is 4.74 Å². The maximum absolute atomic E-state index is 13.5. The average molecular weight is 808 g/mol. The van der Waals surface area contributed by atoms with Crippen LogP contribution in [0.3, 0.4) is 0 Å². The number of ether oxygens (including phenoxy) is 1. The number of anilines is 4. The highest BCUT2D eigenvalue weighted by atomic mass is 32.2. The zero-order chi connectivity index (χ0) is 39.9. The molecule has 0 saturated heterocycles. The largest absolute Gasteiger partial charge is 0.491 e. The molecule has 4 heterocycles. The Morgan fingerprint density at radius 3 is 2.58 bits per heavy atom. The molecule has 0 fully saturated rings. The standard InChI is InChI=1S/C40H41N9O6S2/c1-48(2)20-18-27(25-55-28-9-4-3-5-10-28)42-32-15-14-29(22-34(32)46-52)57(53,54)47-39(51)33-12-7-13-37(43-33)49-21-17-26-8-6-11-30(31(26)24-49)38(50)45-40-44-35-23-41-19-16-36(35)56-40/h3-16,19,22-23,27,42,46,52H,17-18,20-21,24-25H2,1-2H3,(H,47,51)(H,44,45,50)/t27-/m1/s1. The zero-order valence-electron chi connectivity index (χ0n) is 31.2. The second-order valence-electron chi connectivity index (χ2n) is 13.6. The SMILES string of the molecule is CN(C)CC[C@H](COc1ccccc1)Nc1ccc(S(=O)(=O)NC(=O)c2cccc(N3CCc4cccc(C(=O)Nc5nc6cnccc6s5)c4C3)n2)cc1NO. The molecule has 7 rings (SSSR count). The molecule has 3 aromatic carbocycles. The van der Waals surface area contributed by atoms with Crippen LogP contribution in [0.15, 0.2) is 108 Å². The maximum atomic E-state index is 13.5. The van der Waals surface area contributed by atoms with Crippen LogP contribution >= 0.6 is 11.3 Å². The van der Waals surface area contributed by atoms with Crippen molar-refractivity contribution in [2.24, 2.45) is 0 Å². The lowest BCUT2D eigenvalue weighted by molar-refractivity contribution is 0.0975. The molecule has 0 radical (unpaired) electrons. The molecule has 0 unspecified atom stereocenters. The maximum Gasteiger partial charge on any atom is 0.283 e. The Hall–Kier alpha value is -6.14. The molecule has 17 heteroatoms. The zero-order valence-corrected chi connectivity index (χ0v) is 32.8. The monoisotopic (exact) mass is 807 g/mol. The summed E-state index contributed by atoms with van der Waals surface area (Å²) in [6, 6.07) is 25.5. The smallest absolute Gasteiger partial charge is 0.283 e. The fourth-order valence-corrected chi connectivity index (χ4v) is 8.21. The van der Waals surface area contributed by atoms with E-state index < -0.39 is 15.9 Å². The van der Waals surface area contributed by atoms with E-state index in [9.17, 15) is 23.2 Å². The lowest BCUT2D eigenvalue weighted by Gasteiger charge is -2.31. The van der Waals surface area contributed by atoms with Crippen LogP contribution in [0.4, 0.5) is 22.3 Å². The number of carbonyl (C=O) groups is 2. The number of nitrogens with one attached hydrogen (secondary N) is 4. The summed E-state index contributed by atoms with van der Waals surface area (Å²) in [4.78, 5) is 43.7. The summed E-state index contributed by atoms with van der Waals surface area (Å²) in [6.07, 6.45) is 4.64. The van der Waals surface area contributed by atoms with Crippen LogP contribution in [0.25, 0.3) is 10.2 Å². The molecule has 1 aliphatic rings. The number of nitrogens with zero attached hydrogens (tertiary/aromatic N) is 5. The van der Waals surface area contributed by atoms with Gasteiger partial charge in [-0.25, -0.2) is 23.1 Å². The first-order valence-corrected chi connectivity index (χ1v) is 20.4. The van der Waals surface area contributed by atoms with Crippen molar-refractivity contribution in [3.63, 3.8) is 0 Å². The van der Waals surface area contributed by atoms with E-state index in [0.717, 1.165) is 22.4 Å². The summed E-state index contributed by atoms with van der Waals surface area (Å²) < 4.78 is 36.0. The third-order valence-electron chi connectivity index (χ3n) is 9.35. The number of para-hydroxylation sites is 1. The number of hydrogen-bond acceptors (Lipinski definition) is 14. The van der Waals surface area contributed by atoms with Gasteiger partial charge in [0.1, 0.15) is 29.4 Å². The van der Waals surface area contributed by atoms with E-state index in [1.165, 1.54) is 35.6 Å². The lowest BCUT2D eigenvalue weighted by atomic mass is 9.94. The number of fused-ring (bicyclic) bond motifs is 2. The fourth-order valence-electron chi connectivity index (χ4n) is 6.40. The van der Waals surface area contributed by atoms with Gasteiger partial charge in [0.25, 0.3) is 21.8 Å². The van der Waals surface area contributed by atoms with Crippen LogP contribution in [-0.2, 0) is 23.0 Å². The molecule has 2 amide bonds. The number of sulfonamides is 1. The molecular formula is C40H41N9O6S2. The second-order valence-corrected chi connectivity index (χ2v) is 16.3. The number of thiazole rings is 1. The minimum atomic E-state index is -4.40. The van der Waals surface area contributed by atoms with Gasteiger partial charge < -0.3 is 19.9 Å². The number of benzene rings is 3. The molecule has 294 valence electrons. The van der Waals surface area contributed by atoms with Gasteiger partial charge in [-0.3, -0.25) is 30.6 Å². The van der Waals surface area contributed by atoms with E-state index in [1.54, 1.807) is 30.6 Å². The third kappa shape index (κ3) is 9.46. The molecule has 3 aromatic heterocycles. The highest BCUT2D eigenvalue weighted by molar-refractivity contribution is 7.90. The van der Waals surface area contributed by atoms with Crippen molar-refractivity contribution in [3.8, 4) is 5.75 Å². The molecule has 0 aliphatic carbocycles. The molecule has 0 saturated carbocycles. The van der Waals surface area contributed by atoms with E-state index in [-0.39, 0.29) is 28.2 Å². The Morgan fingerprint density at radius 2 is 1.79 bits per heavy atom. The van der Waals surface area contributed by atoms with Gasteiger partial charge in [0.15, 0.2) is 5.13 Å². The highest BCUT2D eigenvalue weighted by Crippen LogP contribution is 2.30. The molecule has 1 aliphatic heterocycles. The van der Waals surface area contributed by atoms with Gasteiger partial charge in [-0.2, -0.15) is 0 Å². The van der Waals surface area contributed by atoms with Crippen molar-refractivity contribution < 1.29 is 28.0 Å². The molecule has 5 N–H and O–H groups in total. The number of carbonyl (C=O) groups excluding carboxylic acids is 2. The molecule has 57 heavy (non-hydrogen) atoms. The van der Waals surface area contributed by atoms with Crippen LogP contribution in [0, 0.1) is 0 Å². The van der Waals surface area contributed by atoms with Gasteiger partial charge >= 0.3 is 0 Å². The van der Waals surface area contributed by atoms with E-state index in [2.05, 4.69) is 35.8 Å². The predicted octanol–water partition coefficient (Wildman–Crippen LogP) is 5.63. The van der Waals surface area contributed by atoms with Gasteiger partial charge in [-0.15, -0.1) is 0 Å². The Balaban J connectivity index is 1.03. The highest BCUT2D eigenvalue weighted by Gasteiger charge is 2.26. The summed E-state index contributed by atoms with van der Waals surface area (Å²) in [5.74, 6) is -0.0662. The van der Waals surface area contributed by atoms with Crippen LogP contribution in [0.2, 0.25) is 0 Å². The Bertz CT molecular complexity index is 2470. The summed E-state index contributed by atoms with van der Waals surface area (Å²) in [5.41, 5.74) is 5.54. The molecule has 0 bridgehead atoms. The molecule has 15 nitrogen and oxygen atoms in total. The van der Waals surface area contributed by atoms with E-state index in [1.807, 2.05) is 72.4 Å². The minimum absolute atomic E-state index is 0.0934. The van der Waals surface area contributed by atoms with E-state index in [0.29, 0.717) is 66.0 Å². The first kappa shape index (κ1) is 39.1. The third-order valence-corrected chi connectivity index (χ3v) is 11.6. The number of hydrogen-bond donors (Lipinski definition) is 5. The first-order valence-electron chi connectivity index (χ1n) is 18.1. The molecule has 1 atom stereocenters. The number of pyridine rings is 2. The van der Waals surface area contributed by atoms with Crippen molar-refractivity contribution in [3.05, 3.63) is 126 Å². The number of aromatic nitrogens is 3. The quantitative estimate of drug-likeness (QED) is 0.0804. The summed E-state index contributed by atoms with van der Waals surface area (Å²) in [7, 11) is -0.469. The van der Waals surface area contributed by atoms with Crippen molar-refractivity contribution in [1.29, 1.82) is 0 Å². The van der Waals surface area contributed by atoms with Crippen LogP contribution in [0.5, 0.6) is 5.75 Å². The van der Waals surface area contributed by atoms with Crippen LogP contribution in [0.1, 0.15) is 38.4 Å². The second kappa shape index (κ2) is 17.3. The summed E-state index contributed by atoms with van der Waals surface area (Å²) in [5, 5.41) is 16.7.